The highest BCUT2D eigenvalue weighted by Crippen LogP contribution is 2.41. The van der Waals surface area contributed by atoms with Crippen LogP contribution in [0.25, 0.3) is 16.9 Å². The molecule has 0 atom stereocenters. The Hall–Kier alpha value is -3.64. The molecular weight excluding hydrogens is 446 g/mol. The number of hydrogen-bond donors (Lipinski definition) is 4. The Labute approximate surface area is 195 Å². The van der Waals surface area contributed by atoms with Gasteiger partial charge in [0.05, 0.1) is 38.9 Å². The quantitative estimate of drug-likeness (QED) is 0.255. The van der Waals surface area contributed by atoms with Gasteiger partial charge < -0.3 is 35.3 Å². The van der Waals surface area contributed by atoms with Gasteiger partial charge in [0.15, 0.2) is 28.7 Å². The molecule has 0 saturated heterocycles. The highest BCUT2D eigenvalue weighted by atomic mass is 32.2. The van der Waals surface area contributed by atoms with Crippen molar-refractivity contribution in [2.75, 3.05) is 52.0 Å². The van der Waals surface area contributed by atoms with E-state index < -0.39 is 5.97 Å². The molecule has 0 saturated carbocycles. The standard InChI is InChI=1S/C21H27N7O4S/c1-23-9-13(8-22)33-27-14-6-12(7-17(30-3)18(14)31-4)16-10-25-20-19(24-2)26-15(11-28(16)20)21(29)32-5/h6-7,9-11,23,27H,8,22H2,1-5H3,(H,24,26)/b13-9+. The molecule has 5 N–H and O–H groups in total. The van der Waals surface area contributed by atoms with Crippen LogP contribution < -0.4 is 30.6 Å². The Morgan fingerprint density at radius 3 is 2.64 bits per heavy atom. The number of methoxy groups -OCH3 is 3. The fraction of sp³-hybridized carbons (Fsp3) is 0.286. The molecule has 176 valence electrons. The topological polar surface area (TPSA) is 137 Å². The molecule has 3 aromatic rings. The average Bonchev–Trinajstić information content (AvgIpc) is 3.28. The zero-order chi connectivity index (χ0) is 24.0. The van der Waals surface area contributed by atoms with Gasteiger partial charge in [-0.05, 0) is 24.1 Å². The maximum Gasteiger partial charge on any atom is 0.358 e. The molecule has 12 heteroatoms. The molecule has 3 rings (SSSR count). The number of rotatable bonds is 10. The van der Waals surface area contributed by atoms with Crippen LogP contribution >= 0.6 is 11.9 Å². The van der Waals surface area contributed by atoms with Crippen LogP contribution in [0.5, 0.6) is 11.5 Å². The molecule has 0 aliphatic rings. The van der Waals surface area contributed by atoms with Crippen LogP contribution in [-0.4, -0.2) is 62.3 Å². The van der Waals surface area contributed by atoms with Gasteiger partial charge in [-0.2, -0.15) is 0 Å². The van der Waals surface area contributed by atoms with Crippen LogP contribution in [0.2, 0.25) is 0 Å². The number of anilines is 2. The molecule has 0 unspecified atom stereocenters. The van der Waals surface area contributed by atoms with Crippen LogP contribution in [0.4, 0.5) is 11.5 Å². The minimum Gasteiger partial charge on any atom is -0.493 e. The normalized spacial score (nSPS) is 11.3. The zero-order valence-corrected chi connectivity index (χ0v) is 19.9. The molecule has 0 radical (unpaired) electrons. The number of nitrogens with one attached hydrogen (secondary N) is 3. The minimum atomic E-state index is -0.551. The van der Waals surface area contributed by atoms with Crippen molar-refractivity contribution in [1.29, 1.82) is 0 Å². The van der Waals surface area contributed by atoms with Gasteiger partial charge in [0.2, 0.25) is 0 Å². The van der Waals surface area contributed by atoms with Crippen molar-refractivity contribution in [3.05, 3.63) is 41.3 Å². The molecule has 0 bridgehead atoms. The summed E-state index contributed by atoms with van der Waals surface area (Å²) in [4.78, 5) is 21.8. The summed E-state index contributed by atoms with van der Waals surface area (Å²) in [6.07, 6.45) is 5.10. The van der Waals surface area contributed by atoms with E-state index in [4.69, 9.17) is 19.9 Å². The van der Waals surface area contributed by atoms with E-state index in [9.17, 15) is 4.79 Å². The smallest absolute Gasteiger partial charge is 0.358 e. The Morgan fingerprint density at radius 1 is 1.24 bits per heavy atom. The lowest BCUT2D eigenvalue weighted by molar-refractivity contribution is 0.0593. The van der Waals surface area contributed by atoms with Crippen LogP contribution in [0.1, 0.15) is 10.5 Å². The van der Waals surface area contributed by atoms with Gasteiger partial charge in [0.1, 0.15) is 0 Å². The van der Waals surface area contributed by atoms with Crippen molar-refractivity contribution < 1.29 is 19.0 Å². The number of nitrogens with two attached hydrogens (primary N) is 1. The first kappa shape index (κ1) is 24.0. The fourth-order valence-corrected chi connectivity index (χ4v) is 3.82. The van der Waals surface area contributed by atoms with Crippen LogP contribution in [0.15, 0.2) is 35.6 Å². The van der Waals surface area contributed by atoms with E-state index in [1.807, 2.05) is 25.4 Å². The summed E-state index contributed by atoms with van der Waals surface area (Å²) in [5, 5.41) is 5.94. The Kier molecular flexibility index (Phi) is 7.85. The minimum absolute atomic E-state index is 0.146. The van der Waals surface area contributed by atoms with Crippen molar-refractivity contribution >= 4 is 35.1 Å². The number of hydrogen-bond acceptors (Lipinski definition) is 11. The number of benzene rings is 1. The lowest BCUT2D eigenvalue weighted by Gasteiger charge is -2.17. The molecule has 0 aliphatic heterocycles. The van der Waals surface area contributed by atoms with Gasteiger partial charge in [0, 0.05) is 43.5 Å². The summed E-state index contributed by atoms with van der Waals surface area (Å²) < 4.78 is 21.1. The summed E-state index contributed by atoms with van der Waals surface area (Å²) in [6, 6.07) is 3.74. The molecule has 2 heterocycles. The zero-order valence-electron chi connectivity index (χ0n) is 19.1. The maximum atomic E-state index is 12.1. The summed E-state index contributed by atoms with van der Waals surface area (Å²) in [5.41, 5.74) is 8.68. The SMILES string of the molecule is CN/C=C(\CN)SNc1cc(-c2cnc3c(NC)nc(C(=O)OC)cn23)cc(OC)c1OC. The van der Waals surface area contributed by atoms with E-state index in [0.29, 0.717) is 40.9 Å². The number of nitrogens with zero attached hydrogens (tertiary/aromatic N) is 3. The van der Waals surface area contributed by atoms with Gasteiger partial charge >= 0.3 is 5.97 Å². The van der Waals surface area contributed by atoms with Gasteiger partial charge in [-0.15, -0.1) is 0 Å². The van der Waals surface area contributed by atoms with E-state index in [-0.39, 0.29) is 5.69 Å². The van der Waals surface area contributed by atoms with Gasteiger partial charge in [0.25, 0.3) is 0 Å². The number of aromatic nitrogens is 3. The van der Waals surface area contributed by atoms with Crippen molar-refractivity contribution in [1.82, 2.24) is 19.7 Å². The third-order valence-electron chi connectivity index (χ3n) is 4.70. The number of carbonyl (C=O) groups excluding carboxylic acids is 1. The summed E-state index contributed by atoms with van der Waals surface area (Å²) >= 11 is 1.36. The Balaban J connectivity index is 2.16. The number of carbonyl (C=O) groups is 1. The van der Waals surface area contributed by atoms with Crippen LogP contribution in [0, 0.1) is 0 Å². The summed E-state index contributed by atoms with van der Waals surface area (Å²) in [7, 11) is 7.97. The molecule has 2 aromatic heterocycles. The summed E-state index contributed by atoms with van der Waals surface area (Å²) in [6.45, 7) is 0.362. The summed E-state index contributed by atoms with van der Waals surface area (Å²) in [5.74, 6) is 0.959. The van der Waals surface area contributed by atoms with Crippen LogP contribution in [0.3, 0.4) is 0 Å². The van der Waals surface area contributed by atoms with E-state index in [1.165, 1.54) is 19.1 Å². The highest BCUT2D eigenvalue weighted by Gasteiger charge is 2.19. The first-order valence-corrected chi connectivity index (χ1v) is 10.7. The van der Waals surface area contributed by atoms with E-state index in [1.54, 1.807) is 38.1 Å². The largest absolute Gasteiger partial charge is 0.493 e. The number of ether oxygens (including phenoxy) is 3. The maximum absolute atomic E-state index is 12.1. The monoisotopic (exact) mass is 473 g/mol. The average molecular weight is 474 g/mol. The first-order valence-electron chi connectivity index (χ1n) is 9.91. The van der Waals surface area contributed by atoms with Crippen molar-refractivity contribution in [2.45, 2.75) is 0 Å². The Morgan fingerprint density at radius 2 is 2.03 bits per heavy atom. The Bertz CT molecular complexity index is 1180. The van der Waals surface area contributed by atoms with Gasteiger partial charge in [-0.1, -0.05) is 0 Å². The second-order valence-electron chi connectivity index (χ2n) is 6.62. The van der Waals surface area contributed by atoms with E-state index in [0.717, 1.165) is 10.5 Å². The van der Waals surface area contributed by atoms with Crippen molar-refractivity contribution in [3.8, 4) is 22.8 Å². The molecule has 0 spiro atoms. The van der Waals surface area contributed by atoms with Crippen molar-refractivity contribution in [2.24, 2.45) is 5.73 Å². The lowest BCUT2D eigenvalue weighted by atomic mass is 10.1. The lowest BCUT2D eigenvalue weighted by Crippen LogP contribution is -2.09. The number of imidazole rings is 1. The molecule has 0 fully saturated rings. The molecule has 1 aromatic carbocycles. The predicted molar refractivity (Wildman–Crippen MR) is 130 cm³/mol. The van der Waals surface area contributed by atoms with E-state index in [2.05, 4.69) is 25.3 Å². The second-order valence-corrected chi connectivity index (χ2v) is 7.55. The molecule has 0 aliphatic carbocycles. The van der Waals surface area contributed by atoms with Crippen molar-refractivity contribution in [3.63, 3.8) is 0 Å². The second kappa shape index (κ2) is 10.8. The highest BCUT2D eigenvalue weighted by molar-refractivity contribution is 8.04. The molecular formula is C21H27N7O4S. The first-order chi connectivity index (χ1) is 16.0. The third-order valence-corrected chi connectivity index (χ3v) is 5.57. The van der Waals surface area contributed by atoms with Gasteiger partial charge in [-0.3, -0.25) is 4.40 Å². The molecule has 11 nitrogen and oxygen atoms in total. The van der Waals surface area contributed by atoms with Crippen LogP contribution in [-0.2, 0) is 4.74 Å². The number of fused-ring (bicyclic) bond motifs is 1. The predicted octanol–water partition coefficient (Wildman–Crippen LogP) is 2.32. The van der Waals surface area contributed by atoms with E-state index >= 15 is 0 Å². The molecule has 33 heavy (non-hydrogen) atoms. The third kappa shape index (κ3) is 4.91. The van der Waals surface area contributed by atoms with Gasteiger partial charge in [-0.25, -0.2) is 14.8 Å². The fourth-order valence-electron chi connectivity index (χ4n) is 3.17. The number of esters is 1. The molecule has 0 amide bonds.